The molecular formula is C39H76O2. The third-order valence-electron chi connectivity index (χ3n) is 9.14. The van der Waals surface area contributed by atoms with Crippen molar-refractivity contribution in [1.82, 2.24) is 0 Å². The summed E-state index contributed by atoms with van der Waals surface area (Å²) in [6.45, 7) is 4.83. The fraction of sp³-hybridized carbons (Fsp3) is 0.897. The molecule has 0 aromatic rings. The highest BCUT2D eigenvalue weighted by Gasteiger charge is 2.27. The lowest BCUT2D eigenvalue weighted by Crippen LogP contribution is -2.29. The summed E-state index contributed by atoms with van der Waals surface area (Å²) in [5, 5.41) is 20.1. The van der Waals surface area contributed by atoms with Gasteiger partial charge in [0.15, 0.2) is 0 Å². The van der Waals surface area contributed by atoms with Crippen LogP contribution in [0.25, 0.3) is 0 Å². The molecule has 0 rings (SSSR count). The minimum atomic E-state index is -0.245. The van der Waals surface area contributed by atoms with Crippen LogP contribution in [0.3, 0.4) is 0 Å². The zero-order valence-corrected chi connectivity index (χ0v) is 28.3. The van der Waals surface area contributed by atoms with Crippen molar-refractivity contribution < 1.29 is 10.2 Å². The summed E-state index contributed by atoms with van der Waals surface area (Å²) in [6.07, 6.45) is 48.5. The molecule has 244 valence electrons. The molecule has 0 aliphatic heterocycles. The van der Waals surface area contributed by atoms with Crippen LogP contribution in [-0.4, -0.2) is 23.4 Å². The average molecular weight is 577 g/mol. The Morgan fingerprint density at radius 1 is 0.366 bits per heavy atom. The van der Waals surface area contributed by atoms with Crippen LogP contribution in [0.5, 0.6) is 0 Å². The lowest BCUT2D eigenvalue weighted by atomic mass is 9.79. The van der Waals surface area contributed by atoms with Crippen molar-refractivity contribution in [3.8, 4) is 0 Å². The van der Waals surface area contributed by atoms with Gasteiger partial charge in [-0.15, -0.1) is 0 Å². The van der Waals surface area contributed by atoms with Gasteiger partial charge in [-0.05, 0) is 44.9 Å². The van der Waals surface area contributed by atoms with Crippen LogP contribution in [0, 0.1) is 5.41 Å². The Kier molecular flexibility index (Phi) is 33.4. The van der Waals surface area contributed by atoms with Gasteiger partial charge in [-0.1, -0.05) is 186 Å². The molecule has 0 aliphatic rings. The number of hydrogen-bond acceptors (Lipinski definition) is 2. The van der Waals surface area contributed by atoms with E-state index in [0.717, 1.165) is 32.1 Å². The molecule has 0 unspecified atom stereocenters. The van der Waals surface area contributed by atoms with Crippen LogP contribution < -0.4 is 0 Å². The summed E-state index contributed by atoms with van der Waals surface area (Å²) in [4.78, 5) is 0. The number of aliphatic hydroxyl groups is 2. The van der Waals surface area contributed by atoms with Crippen LogP contribution in [0.2, 0.25) is 0 Å². The molecule has 0 spiro atoms. The van der Waals surface area contributed by atoms with Crippen molar-refractivity contribution in [2.75, 3.05) is 13.2 Å². The van der Waals surface area contributed by atoms with Gasteiger partial charge in [-0.3, -0.25) is 0 Å². The predicted molar refractivity (Wildman–Crippen MR) is 185 cm³/mol. The second-order valence-electron chi connectivity index (χ2n) is 13.2. The zero-order chi connectivity index (χ0) is 30.0. The Morgan fingerprint density at radius 3 is 1.02 bits per heavy atom. The number of unbranched alkanes of at least 4 members (excludes halogenated alkanes) is 24. The molecule has 0 aliphatic carbocycles. The molecule has 0 aromatic carbocycles. The Balaban J connectivity index is 3.58. The largest absolute Gasteiger partial charge is 0.396 e. The van der Waals surface area contributed by atoms with Gasteiger partial charge in [0.1, 0.15) is 0 Å². The van der Waals surface area contributed by atoms with Crippen molar-refractivity contribution in [3.05, 3.63) is 24.3 Å². The maximum absolute atomic E-state index is 10.1. The number of aliphatic hydroxyl groups excluding tert-OH is 2. The molecule has 0 fully saturated rings. The molecule has 2 nitrogen and oxygen atoms in total. The average Bonchev–Trinajstić information content (AvgIpc) is 2.99. The fourth-order valence-electron chi connectivity index (χ4n) is 6.03. The van der Waals surface area contributed by atoms with Gasteiger partial charge in [-0.25, -0.2) is 0 Å². The fourth-order valence-corrected chi connectivity index (χ4v) is 6.03. The summed E-state index contributed by atoms with van der Waals surface area (Å²) >= 11 is 0. The molecule has 0 saturated heterocycles. The predicted octanol–water partition coefficient (Wildman–Crippen LogP) is 12.8. The van der Waals surface area contributed by atoms with Crippen molar-refractivity contribution in [2.45, 2.75) is 206 Å². The molecule has 0 aromatic heterocycles. The molecule has 0 heterocycles. The van der Waals surface area contributed by atoms with Crippen molar-refractivity contribution in [3.63, 3.8) is 0 Å². The minimum Gasteiger partial charge on any atom is -0.396 e. The zero-order valence-electron chi connectivity index (χ0n) is 28.3. The lowest BCUT2D eigenvalue weighted by Gasteiger charge is -2.30. The van der Waals surface area contributed by atoms with E-state index in [0.29, 0.717) is 0 Å². The smallest absolute Gasteiger partial charge is 0.0509 e. The van der Waals surface area contributed by atoms with Crippen molar-refractivity contribution in [1.29, 1.82) is 0 Å². The van der Waals surface area contributed by atoms with Gasteiger partial charge in [-0.2, -0.15) is 0 Å². The summed E-state index contributed by atoms with van der Waals surface area (Å²) < 4.78 is 0. The third-order valence-corrected chi connectivity index (χ3v) is 9.14. The number of hydrogen-bond donors (Lipinski definition) is 2. The first-order chi connectivity index (χ1) is 20.2. The van der Waals surface area contributed by atoms with E-state index in [2.05, 4.69) is 38.2 Å². The molecule has 2 N–H and O–H groups in total. The molecule has 0 amide bonds. The highest BCUT2D eigenvalue weighted by atomic mass is 16.3. The second-order valence-corrected chi connectivity index (χ2v) is 13.2. The van der Waals surface area contributed by atoms with E-state index in [-0.39, 0.29) is 18.6 Å². The quantitative estimate of drug-likeness (QED) is 0.0590. The monoisotopic (exact) mass is 577 g/mol. The van der Waals surface area contributed by atoms with E-state index in [1.807, 2.05) is 0 Å². The van der Waals surface area contributed by atoms with Crippen LogP contribution in [0.1, 0.15) is 206 Å². The van der Waals surface area contributed by atoms with Gasteiger partial charge in [0.05, 0.1) is 13.2 Å². The molecule has 0 radical (unpaired) electrons. The Morgan fingerprint density at radius 2 is 0.659 bits per heavy atom. The highest BCUT2D eigenvalue weighted by Crippen LogP contribution is 2.31. The molecule has 0 atom stereocenters. The summed E-state index contributed by atoms with van der Waals surface area (Å²) in [7, 11) is 0. The van der Waals surface area contributed by atoms with E-state index in [1.165, 1.54) is 161 Å². The molecular weight excluding hydrogens is 500 g/mol. The van der Waals surface area contributed by atoms with Gasteiger partial charge in [0.25, 0.3) is 0 Å². The third kappa shape index (κ3) is 29.3. The molecule has 2 heteroatoms. The number of rotatable bonds is 34. The van der Waals surface area contributed by atoms with E-state index in [4.69, 9.17) is 0 Å². The van der Waals surface area contributed by atoms with Gasteiger partial charge in [0.2, 0.25) is 0 Å². The van der Waals surface area contributed by atoms with Crippen molar-refractivity contribution >= 4 is 0 Å². The van der Waals surface area contributed by atoms with E-state index in [1.54, 1.807) is 0 Å². The Hall–Kier alpha value is -0.600. The van der Waals surface area contributed by atoms with Crippen LogP contribution >= 0.6 is 0 Å². The second kappa shape index (κ2) is 33.9. The van der Waals surface area contributed by atoms with Crippen molar-refractivity contribution in [2.24, 2.45) is 5.41 Å². The van der Waals surface area contributed by atoms with Gasteiger partial charge < -0.3 is 10.2 Å². The van der Waals surface area contributed by atoms with Gasteiger partial charge in [0, 0.05) is 5.41 Å². The summed E-state index contributed by atoms with van der Waals surface area (Å²) in [5.41, 5.74) is -0.245. The maximum atomic E-state index is 10.1. The van der Waals surface area contributed by atoms with Crippen LogP contribution in [0.15, 0.2) is 24.3 Å². The minimum absolute atomic E-state index is 0.141. The van der Waals surface area contributed by atoms with Gasteiger partial charge >= 0.3 is 0 Å². The van der Waals surface area contributed by atoms with E-state index >= 15 is 0 Å². The Labute approximate surface area is 259 Å². The van der Waals surface area contributed by atoms with E-state index in [9.17, 15) is 10.2 Å². The highest BCUT2D eigenvalue weighted by molar-refractivity contribution is 4.92. The van der Waals surface area contributed by atoms with E-state index < -0.39 is 0 Å². The SMILES string of the molecule is CCCCCC=CCC=CCCCCCCCCC(CO)(CO)CCCCCCCCCCCCCCCCCC. The molecule has 0 bridgehead atoms. The summed E-state index contributed by atoms with van der Waals surface area (Å²) in [5.74, 6) is 0. The normalized spacial score (nSPS) is 12.4. The first-order valence-electron chi connectivity index (χ1n) is 18.8. The maximum Gasteiger partial charge on any atom is 0.0509 e. The number of allylic oxidation sites excluding steroid dienone is 4. The Bertz CT molecular complexity index is 534. The van der Waals surface area contributed by atoms with Crippen LogP contribution in [-0.2, 0) is 0 Å². The van der Waals surface area contributed by atoms with Crippen LogP contribution in [0.4, 0.5) is 0 Å². The molecule has 0 saturated carbocycles. The topological polar surface area (TPSA) is 40.5 Å². The molecule has 41 heavy (non-hydrogen) atoms. The first kappa shape index (κ1) is 40.4. The standard InChI is InChI=1S/C39H76O2/c1-3-5-7-9-11-13-15-17-19-21-23-25-27-29-31-33-35-39(37-40,38-41)36-34-32-30-28-26-24-22-20-18-16-14-12-10-8-6-4-2/h11,13,17,19,40-41H,3-10,12,14-16,18,20-38H2,1-2H3. The first-order valence-corrected chi connectivity index (χ1v) is 18.8. The summed E-state index contributed by atoms with van der Waals surface area (Å²) in [6, 6.07) is 0. The lowest BCUT2D eigenvalue weighted by molar-refractivity contribution is 0.0353.